The van der Waals surface area contributed by atoms with Gasteiger partial charge in [0, 0.05) is 6.54 Å². The molecule has 4 heteroatoms. The number of phenols is 1. The van der Waals surface area contributed by atoms with Crippen LogP contribution in [0, 0.1) is 0 Å². The third-order valence-corrected chi connectivity index (χ3v) is 2.29. The van der Waals surface area contributed by atoms with Crippen LogP contribution in [-0.4, -0.2) is 23.6 Å². The lowest BCUT2D eigenvalue weighted by Crippen LogP contribution is -2.42. The topological polar surface area (TPSA) is 75.4 Å². The van der Waals surface area contributed by atoms with Gasteiger partial charge in [0.25, 0.3) is 0 Å². The summed E-state index contributed by atoms with van der Waals surface area (Å²) in [4.78, 5) is 11.6. The van der Waals surface area contributed by atoms with Crippen molar-refractivity contribution in [2.45, 2.75) is 19.4 Å². The van der Waals surface area contributed by atoms with Crippen molar-refractivity contribution in [2.75, 3.05) is 6.54 Å². The van der Waals surface area contributed by atoms with E-state index in [9.17, 15) is 4.79 Å². The van der Waals surface area contributed by atoms with Gasteiger partial charge in [-0.25, -0.2) is 0 Å². The summed E-state index contributed by atoms with van der Waals surface area (Å²) in [6.45, 7) is 5.98. The molecule has 0 unspecified atom stereocenters. The summed E-state index contributed by atoms with van der Waals surface area (Å²) in [6.07, 6.45) is 0.447. The summed E-state index contributed by atoms with van der Waals surface area (Å²) in [7, 11) is 0. The first-order valence-corrected chi connectivity index (χ1v) is 5.44. The molecule has 4 nitrogen and oxygen atoms in total. The molecule has 17 heavy (non-hydrogen) atoms. The predicted molar refractivity (Wildman–Crippen MR) is 67.6 cm³/mol. The Morgan fingerprint density at radius 3 is 2.59 bits per heavy atom. The molecule has 1 aromatic rings. The molecule has 1 aromatic carbocycles. The third kappa shape index (κ3) is 4.70. The fourth-order valence-electron chi connectivity index (χ4n) is 1.35. The lowest BCUT2D eigenvalue weighted by Gasteiger charge is -2.12. The Kier molecular flexibility index (Phi) is 4.72. The quantitative estimate of drug-likeness (QED) is 0.664. The second-order valence-electron chi connectivity index (χ2n) is 4.15. The maximum atomic E-state index is 11.6. The van der Waals surface area contributed by atoms with E-state index < -0.39 is 6.04 Å². The van der Waals surface area contributed by atoms with Gasteiger partial charge in [0.15, 0.2) is 0 Å². The Bertz CT molecular complexity index is 398. The van der Waals surface area contributed by atoms with Crippen molar-refractivity contribution in [3.05, 3.63) is 42.0 Å². The lowest BCUT2D eigenvalue weighted by atomic mass is 10.1. The summed E-state index contributed by atoms with van der Waals surface area (Å²) in [6, 6.07) is 6.07. The van der Waals surface area contributed by atoms with Crippen LogP contribution in [0.1, 0.15) is 12.5 Å². The van der Waals surface area contributed by atoms with E-state index in [4.69, 9.17) is 10.8 Å². The van der Waals surface area contributed by atoms with Gasteiger partial charge in [-0.2, -0.15) is 0 Å². The summed E-state index contributed by atoms with van der Waals surface area (Å²) in [5, 5.41) is 11.8. The van der Waals surface area contributed by atoms with Crippen molar-refractivity contribution >= 4 is 5.91 Å². The molecule has 92 valence electrons. The summed E-state index contributed by atoms with van der Waals surface area (Å²) >= 11 is 0. The largest absolute Gasteiger partial charge is 0.508 e. The molecule has 0 spiro atoms. The molecule has 0 aliphatic rings. The highest BCUT2D eigenvalue weighted by molar-refractivity contribution is 5.82. The number of hydrogen-bond donors (Lipinski definition) is 3. The average Bonchev–Trinajstić information content (AvgIpc) is 2.28. The van der Waals surface area contributed by atoms with Crippen molar-refractivity contribution in [2.24, 2.45) is 5.73 Å². The van der Waals surface area contributed by atoms with Crippen molar-refractivity contribution in [3.8, 4) is 5.75 Å². The van der Waals surface area contributed by atoms with Gasteiger partial charge in [0.2, 0.25) is 5.91 Å². The highest BCUT2D eigenvalue weighted by Gasteiger charge is 2.13. The Labute approximate surface area is 101 Å². The average molecular weight is 234 g/mol. The molecule has 4 N–H and O–H groups in total. The van der Waals surface area contributed by atoms with Gasteiger partial charge in [-0.15, -0.1) is 0 Å². The highest BCUT2D eigenvalue weighted by atomic mass is 16.3. The highest BCUT2D eigenvalue weighted by Crippen LogP contribution is 2.10. The van der Waals surface area contributed by atoms with Crippen molar-refractivity contribution in [1.82, 2.24) is 5.32 Å². The standard InChI is InChI=1S/C13H18N2O2/c1-9(2)8-15-13(17)12(14)7-10-3-5-11(16)6-4-10/h3-6,12,16H,1,7-8,14H2,2H3,(H,15,17)/t12-/m0/s1. The molecule has 0 aliphatic heterocycles. The Morgan fingerprint density at radius 2 is 2.06 bits per heavy atom. The summed E-state index contributed by atoms with van der Waals surface area (Å²) in [5.41, 5.74) is 7.57. The molecule has 0 saturated heterocycles. The van der Waals surface area contributed by atoms with Gasteiger partial charge in [0.1, 0.15) is 5.75 Å². The molecule has 1 amide bonds. The van der Waals surface area contributed by atoms with E-state index >= 15 is 0 Å². The minimum absolute atomic E-state index is 0.193. The number of carbonyl (C=O) groups is 1. The number of nitrogens with two attached hydrogens (primary N) is 1. The van der Waals surface area contributed by atoms with E-state index in [1.165, 1.54) is 0 Å². The number of amides is 1. The second kappa shape index (κ2) is 6.06. The summed E-state index contributed by atoms with van der Waals surface area (Å²) in [5.74, 6) is 0.00938. The lowest BCUT2D eigenvalue weighted by molar-refractivity contribution is -0.122. The van der Waals surface area contributed by atoms with Gasteiger partial charge >= 0.3 is 0 Å². The van der Waals surface area contributed by atoms with Gasteiger partial charge in [0.05, 0.1) is 6.04 Å². The monoisotopic (exact) mass is 234 g/mol. The van der Waals surface area contributed by atoms with Gasteiger partial charge < -0.3 is 16.2 Å². The Balaban J connectivity index is 2.48. The van der Waals surface area contributed by atoms with Gasteiger partial charge in [-0.3, -0.25) is 4.79 Å². The van der Waals surface area contributed by atoms with Gasteiger partial charge in [-0.05, 0) is 31.0 Å². The Hall–Kier alpha value is -1.81. The zero-order chi connectivity index (χ0) is 12.8. The number of benzene rings is 1. The molecular formula is C13H18N2O2. The summed E-state index contributed by atoms with van der Waals surface area (Å²) < 4.78 is 0. The number of carbonyl (C=O) groups excluding carboxylic acids is 1. The maximum Gasteiger partial charge on any atom is 0.237 e. The smallest absolute Gasteiger partial charge is 0.237 e. The second-order valence-corrected chi connectivity index (χ2v) is 4.15. The van der Waals surface area contributed by atoms with Gasteiger partial charge in [-0.1, -0.05) is 24.3 Å². The van der Waals surface area contributed by atoms with Crippen LogP contribution in [0.25, 0.3) is 0 Å². The van der Waals surface area contributed by atoms with Crippen LogP contribution < -0.4 is 11.1 Å². The zero-order valence-electron chi connectivity index (χ0n) is 9.94. The molecular weight excluding hydrogens is 216 g/mol. The first-order chi connectivity index (χ1) is 7.99. The Morgan fingerprint density at radius 1 is 1.47 bits per heavy atom. The van der Waals surface area contributed by atoms with Crippen molar-refractivity contribution in [1.29, 1.82) is 0 Å². The molecule has 0 heterocycles. The fourth-order valence-corrected chi connectivity index (χ4v) is 1.35. The molecule has 0 aliphatic carbocycles. The van der Waals surface area contributed by atoms with E-state index in [0.717, 1.165) is 11.1 Å². The maximum absolute atomic E-state index is 11.6. The fraction of sp³-hybridized carbons (Fsp3) is 0.308. The van der Waals surface area contributed by atoms with E-state index in [-0.39, 0.29) is 11.7 Å². The number of aromatic hydroxyl groups is 1. The number of nitrogens with one attached hydrogen (secondary N) is 1. The molecule has 0 saturated carbocycles. The van der Waals surface area contributed by atoms with Crippen LogP contribution in [0.2, 0.25) is 0 Å². The van der Waals surface area contributed by atoms with E-state index in [1.54, 1.807) is 24.3 Å². The van der Waals surface area contributed by atoms with E-state index in [2.05, 4.69) is 11.9 Å². The SMILES string of the molecule is C=C(C)CNC(=O)[C@@H](N)Cc1ccc(O)cc1. The number of hydrogen-bond acceptors (Lipinski definition) is 3. The molecule has 0 radical (unpaired) electrons. The number of rotatable bonds is 5. The molecule has 0 aromatic heterocycles. The third-order valence-electron chi connectivity index (χ3n) is 2.29. The predicted octanol–water partition coefficient (Wildman–Crippen LogP) is 0.954. The van der Waals surface area contributed by atoms with E-state index in [0.29, 0.717) is 13.0 Å². The van der Waals surface area contributed by atoms with Crippen LogP contribution in [-0.2, 0) is 11.2 Å². The minimum atomic E-state index is -0.584. The van der Waals surface area contributed by atoms with Crippen molar-refractivity contribution < 1.29 is 9.90 Å². The van der Waals surface area contributed by atoms with E-state index in [1.807, 2.05) is 6.92 Å². The molecule has 0 fully saturated rings. The van der Waals surface area contributed by atoms with Crippen LogP contribution in [0.4, 0.5) is 0 Å². The van der Waals surface area contributed by atoms with Crippen LogP contribution in [0.15, 0.2) is 36.4 Å². The van der Waals surface area contributed by atoms with Crippen LogP contribution >= 0.6 is 0 Å². The molecule has 1 atom stereocenters. The van der Waals surface area contributed by atoms with Crippen LogP contribution in [0.5, 0.6) is 5.75 Å². The first-order valence-electron chi connectivity index (χ1n) is 5.44. The first kappa shape index (κ1) is 13.3. The zero-order valence-corrected chi connectivity index (χ0v) is 9.94. The van der Waals surface area contributed by atoms with Crippen molar-refractivity contribution in [3.63, 3.8) is 0 Å². The molecule has 1 rings (SSSR count). The van der Waals surface area contributed by atoms with Crippen LogP contribution in [0.3, 0.4) is 0 Å². The molecule has 0 bridgehead atoms. The normalized spacial score (nSPS) is 11.9. The number of phenolic OH excluding ortho intramolecular Hbond substituents is 1. The minimum Gasteiger partial charge on any atom is -0.508 e.